The molecule has 4 rings (SSSR count). The SMILES string of the molecule is C=CC(=O)OCC(O)COC1CCC(C(C)(C)C2CCC(OCC(O)COC(=O)C=C)CC2)CC1.CC1CCC(CC2CCC(OC#N)CC2)CC1.N#COCCCCCCN=C=O. The Morgan fingerprint density at radius 2 is 1.12 bits per heavy atom. The molecule has 0 aromatic rings. The van der Waals surface area contributed by atoms with Crippen LogP contribution in [0.3, 0.4) is 0 Å². The molecule has 0 aliphatic heterocycles. The number of ether oxygens (including phenoxy) is 6. The predicted molar refractivity (Wildman–Crippen MR) is 243 cm³/mol. The van der Waals surface area contributed by atoms with E-state index in [0.29, 0.717) is 25.0 Å². The summed E-state index contributed by atoms with van der Waals surface area (Å²) < 4.78 is 31.0. The van der Waals surface area contributed by atoms with Crippen LogP contribution < -0.4 is 0 Å². The van der Waals surface area contributed by atoms with Crippen molar-refractivity contribution in [2.45, 2.75) is 186 Å². The van der Waals surface area contributed by atoms with Gasteiger partial charge in [0.1, 0.15) is 38.1 Å². The fourth-order valence-electron chi connectivity index (χ4n) is 9.75. The van der Waals surface area contributed by atoms with Crippen LogP contribution in [0.15, 0.2) is 30.3 Å². The summed E-state index contributed by atoms with van der Waals surface area (Å²) >= 11 is 0. The number of carbonyl (C=O) groups is 2. The van der Waals surface area contributed by atoms with E-state index in [1.807, 2.05) is 6.26 Å². The van der Waals surface area contributed by atoms with Gasteiger partial charge >= 0.3 is 11.9 Å². The summed E-state index contributed by atoms with van der Waals surface area (Å²) in [6, 6.07) is 0. The molecule has 0 amide bonds. The molecule has 0 spiro atoms. The first-order valence-corrected chi connectivity index (χ1v) is 24.1. The molecular formula is C50H81N3O11. The fourth-order valence-corrected chi connectivity index (χ4v) is 9.75. The zero-order valence-electron chi connectivity index (χ0n) is 39.3. The van der Waals surface area contributed by atoms with Gasteiger partial charge in [-0.1, -0.05) is 66.0 Å². The molecule has 0 heterocycles. The maximum atomic E-state index is 11.1. The van der Waals surface area contributed by atoms with Crippen LogP contribution in [0.4, 0.5) is 0 Å². The summed E-state index contributed by atoms with van der Waals surface area (Å²) in [5, 5.41) is 36.4. The van der Waals surface area contributed by atoms with Gasteiger partial charge in [-0.25, -0.2) is 19.4 Å². The Balaban J connectivity index is 0.000000398. The minimum atomic E-state index is -0.825. The third-order valence-electron chi connectivity index (χ3n) is 13.9. The standard InChI is InChI=1S/C27H44O8.C15H25NO.C8H12N2O2/c1-5-25(30)34-17-21(28)15-32-23-11-7-19(8-12-23)27(3,4)20-9-13-24(14-10-20)33-16-22(29)18-35-26(31)6-2;1-12-2-4-13(5-3-12)10-14-6-8-15(9-7-14)17-11-16;9-7-12-6-4-2-1-3-5-10-8-11/h5-6,19-24,28-29H,1-2,7-18H2,3-4H3;12-15H,2-10H2,1H3;1-6H2. The molecular weight excluding hydrogens is 819 g/mol. The molecule has 0 bridgehead atoms. The number of esters is 2. The van der Waals surface area contributed by atoms with E-state index in [4.69, 9.17) is 34.2 Å². The minimum Gasteiger partial charge on any atom is -0.460 e. The Hall–Kier alpha value is -3.78. The van der Waals surface area contributed by atoms with Gasteiger partial charge in [-0.05, 0) is 138 Å². The molecule has 4 saturated carbocycles. The number of unbranched alkanes of at least 4 members (excludes halogenated alkanes) is 3. The Morgan fingerprint density at radius 1 is 0.672 bits per heavy atom. The molecule has 0 saturated heterocycles. The number of nitriles is 2. The second-order valence-electron chi connectivity index (χ2n) is 19.0. The lowest BCUT2D eigenvalue weighted by molar-refractivity contribution is -0.143. The molecule has 0 aromatic heterocycles. The van der Waals surface area contributed by atoms with Crippen LogP contribution in [0, 0.1) is 58.0 Å². The second kappa shape index (κ2) is 33.7. The molecule has 0 aromatic carbocycles. The summed E-state index contributed by atoms with van der Waals surface area (Å²) in [6.45, 7) is 15.0. The van der Waals surface area contributed by atoms with E-state index in [2.05, 4.69) is 43.7 Å². The van der Waals surface area contributed by atoms with Crippen LogP contribution in [-0.4, -0.2) is 98.3 Å². The molecule has 14 heteroatoms. The van der Waals surface area contributed by atoms with Gasteiger partial charge in [-0.15, -0.1) is 0 Å². The van der Waals surface area contributed by atoms with Crippen LogP contribution in [0.2, 0.25) is 0 Å². The van der Waals surface area contributed by atoms with Crippen molar-refractivity contribution < 1.29 is 53.0 Å². The van der Waals surface area contributed by atoms with E-state index in [1.54, 1.807) is 6.26 Å². The number of carbonyl (C=O) groups excluding carboxylic acids is 3. The van der Waals surface area contributed by atoms with Crippen molar-refractivity contribution in [1.82, 2.24) is 0 Å². The number of rotatable bonds is 24. The molecule has 2 unspecified atom stereocenters. The van der Waals surface area contributed by atoms with Gasteiger partial charge in [0, 0.05) is 12.2 Å². The summed E-state index contributed by atoms with van der Waals surface area (Å²) in [4.78, 5) is 35.2. The van der Waals surface area contributed by atoms with Crippen molar-refractivity contribution in [2.75, 3.05) is 39.6 Å². The molecule has 14 nitrogen and oxygen atoms in total. The molecule has 4 aliphatic rings. The summed E-state index contributed by atoms with van der Waals surface area (Å²) in [5.41, 5.74) is 0.229. The normalized spacial score (nSPS) is 26.4. The summed E-state index contributed by atoms with van der Waals surface area (Å²) in [5.74, 6) is 3.03. The number of hydrogen-bond donors (Lipinski definition) is 2. The monoisotopic (exact) mass is 900 g/mol. The topological polar surface area (TPSA) is 207 Å². The maximum Gasteiger partial charge on any atom is 0.330 e. The smallest absolute Gasteiger partial charge is 0.330 e. The van der Waals surface area contributed by atoms with E-state index < -0.39 is 24.1 Å². The van der Waals surface area contributed by atoms with Gasteiger partial charge in [0.15, 0.2) is 0 Å². The number of aliphatic imine (C=N–C) groups is 1. The molecule has 2 N–H and O–H groups in total. The van der Waals surface area contributed by atoms with Crippen molar-refractivity contribution in [3.8, 4) is 12.5 Å². The number of aliphatic hydroxyl groups excluding tert-OH is 2. The number of hydrogen-bond acceptors (Lipinski definition) is 14. The van der Waals surface area contributed by atoms with Crippen molar-refractivity contribution in [2.24, 2.45) is 40.0 Å². The lowest BCUT2D eigenvalue weighted by atomic mass is 9.60. The fraction of sp³-hybridized carbons (Fsp3) is 0.820. The lowest BCUT2D eigenvalue weighted by Gasteiger charge is -2.46. The first kappa shape index (κ1) is 56.3. The highest BCUT2D eigenvalue weighted by molar-refractivity contribution is 5.81. The zero-order chi connectivity index (χ0) is 47.0. The van der Waals surface area contributed by atoms with Crippen molar-refractivity contribution in [1.29, 1.82) is 10.5 Å². The predicted octanol–water partition coefficient (Wildman–Crippen LogP) is 8.98. The van der Waals surface area contributed by atoms with Crippen LogP contribution in [0.5, 0.6) is 0 Å². The molecule has 4 aliphatic carbocycles. The maximum absolute atomic E-state index is 11.1. The molecule has 0 radical (unpaired) electrons. The summed E-state index contributed by atoms with van der Waals surface area (Å²) in [7, 11) is 0. The van der Waals surface area contributed by atoms with Gasteiger partial charge in [0.25, 0.3) is 12.5 Å². The number of aliphatic hydroxyl groups is 2. The summed E-state index contributed by atoms with van der Waals surface area (Å²) in [6.07, 6.45) is 30.0. The van der Waals surface area contributed by atoms with E-state index in [9.17, 15) is 24.6 Å². The average molecular weight is 900 g/mol. The molecule has 64 heavy (non-hydrogen) atoms. The lowest BCUT2D eigenvalue weighted by Crippen LogP contribution is -2.39. The average Bonchev–Trinajstić information content (AvgIpc) is 3.31. The minimum absolute atomic E-state index is 0.0820. The molecule has 2 atom stereocenters. The third kappa shape index (κ3) is 24.5. The van der Waals surface area contributed by atoms with Crippen LogP contribution in [0.25, 0.3) is 0 Å². The van der Waals surface area contributed by atoms with Crippen molar-refractivity contribution in [3.63, 3.8) is 0 Å². The highest BCUT2D eigenvalue weighted by Gasteiger charge is 2.41. The van der Waals surface area contributed by atoms with Gasteiger partial charge in [0.2, 0.25) is 6.08 Å². The van der Waals surface area contributed by atoms with E-state index in [-0.39, 0.29) is 50.2 Å². The second-order valence-corrected chi connectivity index (χ2v) is 19.0. The largest absolute Gasteiger partial charge is 0.460 e. The Kier molecular flexibility index (Phi) is 29.6. The zero-order valence-corrected chi connectivity index (χ0v) is 39.3. The van der Waals surface area contributed by atoms with E-state index >= 15 is 0 Å². The first-order valence-electron chi connectivity index (χ1n) is 24.1. The van der Waals surface area contributed by atoms with Crippen LogP contribution in [0.1, 0.15) is 156 Å². The van der Waals surface area contributed by atoms with Crippen LogP contribution in [-0.2, 0) is 42.8 Å². The number of nitrogens with zero attached hydrogens (tertiary/aromatic N) is 3. The van der Waals surface area contributed by atoms with Crippen molar-refractivity contribution in [3.05, 3.63) is 25.3 Å². The van der Waals surface area contributed by atoms with Gasteiger partial charge < -0.3 is 38.6 Å². The van der Waals surface area contributed by atoms with Crippen molar-refractivity contribution >= 4 is 18.0 Å². The Morgan fingerprint density at radius 3 is 1.56 bits per heavy atom. The van der Waals surface area contributed by atoms with Gasteiger partial charge in [0.05, 0.1) is 32.0 Å². The first-order chi connectivity index (χ1) is 30.8. The third-order valence-corrected chi connectivity index (χ3v) is 13.9. The van der Waals surface area contributed by atoms with E-state index in [1.165, 1.54) is 51.0 Å². The van der Waals surface area contributed by atoms with E-state index in [0.717, 1.165) is 120 Å². The number of isocyanates is 1. The van der Waals surface area contributed by atoms with Gasteiger partial charge in [-0.2, -0.15) is 10.5 Å². The Labute approximate surface area is 384 Å². The highest BCUT2D eigenvalue weighted by Crippen LogP contribution is 2.49. The molecule has 4 fully saturated rings. The van der Waals surface area contributed by atoms with Crippen LogP contribution >= 0.6 is 0 Å². The quantitative estimate of drug-likeness (QED) is 0.0232. The van der Waals surface area contributed by atoms with Gasteiger partial charge in [-0.3, -0.25) is 0 Å². The Bertz CT molecular complexity index is 1370. The highest BCUT2D eigenvalue weighted by atomic mass is 16.6. The molecule has 362 valence electrons.